The standard InChI is InChI=1S/C18H21NOS.ClH/c1-19(2)12-17-14(6-7-18-16(17)8-9-21-18)10-13-4-3-5-15(20)11-13;/h3-7,11,20H,8-10,12H2,1-2H3;1H. The van der Waals surface area contributed by atoms with Crippen molar-refractivity contribution < 1.29 is 5.11 Å². The van der Waals surface area contributed by atoms with Gasteiger partial charge in [-0.15, -0.1) is 24.2 Å². The van der Waals surface area contributed by atoms with Crippen LogP contribution in [0.5, 0.6) is 5.75 Å². The van der Waals surface area contributed by atoms with Crippen molar-refractivity contribution >= 4 is 24.2 Å². The highest BCUT2D eigenvalue weighted by Crippen LogP contribution is 2.36. The lowest BCUT2D eigenvalue weighted by molar-refractivity contribution is 0.399. The summed E-state index contributed by atoms with van der Waals surface area (Å²) < 4.78 is 0. The molecule has 4 heteroatoms. The van der Waals surface area contributed by atoms with Crippen LogP contribution in [0.2, 0.25) is 0 Å². The molecule has 0 unspecified atom stereocenters. The van der Waals surface area contributed by atoms with Gasteiger partial charge in [0.25, 0.3) is 0 Å². The molecule has 0 amide bonds. The van der Waals surface area contributed by atoms with Gasteiger partial charge in [-0.2, -0.15) is 0 Å². The molecule has 0 bridgehead atoms. The minimum absolute atomic E-state index is 0. The molecule has 2 aromatic carbocycles. The average Bonchev–Trinajstić information content (AvgIpc) is 2.90. The third kappa shape index (κ3) is 3.78. The lowest BCUT2D eigenvalue weighted by atomic mass is 9.94. The van der Waals surface area contributed by atoms with Gasteiger partial charge in [0.05, 0.1) is 0 Å². The fourth-order valence-corrected chi connectivity index (χ4v) is 4.05. The summed E-state index contributed by atoms with van der Waals surface area (Å²) in [6.07, 6.45) is 2.06. The number of aromatic hydroxyl groups is 1. The van der Waals surface area contributed by atoms with Crippen molar-refractivity contribution in [3.05, 3.63) is 58.7 Å². The zero-order valence-corrected chi connectivity index (χ0v) is 14.6. The van der Waals surface area contributed by atoms with Crippen molar-refractivity contribution in [1.29, 1.82) is 0 Å². The summed E-state index contributed by atoms with van der Waals surface area (Å²) in [6.45, 7) is 0.984. The summed E-state index contributed by atoms with van der Waals surface area (Å²) >= 11 is 1.97. The van der Waals surface area contributed by atoms with Crippen LogP contribution >= 0.6 is 24.2 Å². The van der Waals surface area contributed by atoms with E-state index in [1.54, 1.807) is 6.07 Å². The molecular weight excluding hydrogens is 314 g/mol. The Labute approximate surface area is 143 Å². The third-order valence-corrected chi connectivity index (χ3v) is 4.98. The Morgan fingerprint density at radius 2 is 2.00 bits per heavy atom. The van der Waals surface area contributed by atoms with Gasteiger partial charge in [0.2, 0.25) is 0 Å². The zero-order chi connectivity index (χ0) is 14.8. The minimum Gasteiger partial charge on any atom is -0.508 e. The van der Waals surface area contributed by atoms with E-state index in [0.717, 1.165) is 13.0 Å². The number of nitrogens with zero attached hydrogens (tertiary/aromatic N) is 1. The molecule has 0 fully saturated rings. The molecule has 118 valence electrons. The highest BCUT2D eigenvalue weighted by Gasteiger charge is 2.18. The molecule has 1 heterocycles. The lowest BCUT2D eigenvalue weighted by Gasteiger charge is -2.18. The summed E-state index contributed by atoms with van der Waals surface area (Å²) in [4.78, 5) is 3.69. The van der Waals surface area contributed by atoms with Crippen molar-refractivity contribution in [1.82, 2.24) is 4.90 Å². The number of benzene rings is 2. The van der Waals surface area contributed by atoms with Gasteiger partial charge < -0.3 is 10.0 Å². The van der Waals surface area contributed by atoms with Crippen LogP contribution in [0.1, 0.15) is 22.3 Å². The maximum absolute atomic E-state index is 9.65. The van der Waals surface area contributed by atoms with Gasteiger partial charge in [-0.3, -0.25) is 0 Å². The normalized spacial score (nSPS) is 13.0. The zero-order valence-electron chi connectivity index (χ0n) is 13.0. The van der Waals surface area contributed by atoms with Gasteiger partial charge in [-0.05, 0) is 67.4 Å². The molecule has 2 nitrogen and oxygen atoms in total. The Morgan fingerprint density at radius 1 is 1.18 bits per heavy atom. The summed E-state index contributed by atoms with van der Waals surface area (Å²) in [5, 5.41) is 9.65. The third-order valence-electron chi connectivity index (χ3n) is 3.87. The number of halogens is 1. The van der Waals surface area contributed by atoms with Gasteiger partial charge >= 0.3 is 0 Å². The molecule has 1 aliphatic rings. The number of phenolic OH excluding ortho intramolecular Hbond substituents is 1. The molecule has 1 aliphatic heterocycles. The van der Waals surface area contributed by atoms with Crippen molar-refractivity contribution in [3.8, 4) is 5.75 Å². The smallest absolute Gasteiger partial charge is 0.115 e. The van der Waals surface area contributed by atoms with Gasteiger partial charge in [0.15, 0.2) is 0 Å². The number of thioether (sulfide) groups is 1. The Balaban J connectivity index is 0.00000176. The number of fused-ring (bicyclic) bond motifs is 1. The first kappa shape index (κ1) is 17.2. The second-order valence-electron chi connectivity index (χ2n) is 5.86. The van der Waals surface area contributed by atoms with E-state index in [4.69, 9.17) is 0 Å². The van der Waals surface area contributed by atoms with E-state index in [0.29, 0.717) is 5.75 Å². The Morgan fingerprint density at radius 3 is 2.73 bits per heavy atom. The first-order valence-electron chi connectivity index (χ1n) is 7.32. The fraction of sp³-hybridized carbons (Fsp3) is 0.333. The van der Waals surface area contributed by atoms with E-state index in [2.05, 4.69) is 37.2 Å². The van der Waals surface area contributed by atoms with E-state index in [1.807, 2.05) is 23.9 Å². The first-order chi connectivity index (χ1) is 10.1. The summed E-state index contributed by atoms with van der Waals surface area (Å²) in [5.41, 5.74) is 5.56. The fourth-order valence-electron chi connectivity index (χ4n) is 2.96. The monoisotopic (exact) mass is 335 g/mol. The lowest BCUT2D eigenvalue weighted by Crippen LogP contribution is -2.14. The predicted octanol–water partition coefficient (Wildman–Crippen LogP) is 4.11. The summed E-state index contributed by atoms with van der Waals surface area (Å²) in [7, 11) is 4.25. The van der Waals surface area contributed by atoms with Crippen molar-refractivity contribution in [2.24, 2.45) is 0 Å². The van der Waals surface area contributed by atoms with Crippen molar-refractivity contribution in [2.75, 3.05) is 19.8 Å². The second-order valence-corrected chi connectivity index (χ2v) is 7.00. The molecule has 2 aromatic rings. The van der Waals surface area contributed by atoms with E-state index in [9.17, 15) is 5.11 Å². The van der Waals surface area contributed by atoms with Gasteiger partial charge in [0.1, 0.15) is 5.75 Å². The maximum Gasteiger partial charge on any atom is 0.115 e. The Kier molecular flexibility index (Phi) is 5.79. The van der Waals surface area contributed by atoms with E-state index in [-0.39, 0.29) is 12.4 Å². The molecule has 0 saturated heterocycles. The number of hydrogen-bond acceptors (Lipinski definition) is 3. The van der Waals surface area contributed by atoms with Crippen molar-refractivity contribution in [3.63, 3.8) is 0 Å². The topological polar surface area (TPSA) is 23.5 Å². The largest absolute Gasteiger partial charge is 0.508 e. The Bertz CT molecular complexity index is 658. The Hall–Kier alpha value is -1.16. The maximum atomic E-state index is 9.65. The molecular formula is C18H22ClNOS. The van der Waals surface area contributed by atoms with Crippen LogP contribution in [0.25, 0.3) is 0 Å². The van der Waals surface area contributed by atoms with E-state index < -0.39 is 0 Å². The second kappa shape index (κ2) is 7.40. The number of phenols is 1. The average molecular weight is 336 g/mol. The number of hydrogen-bond donors (Lipinski definition) is 1. The SMILES string of the molecule is CN(C)Cc1c(Cc2cccc(O)c2)ccc2c1CCS2.Cl. The molecule has 0 aliphatic carbocycles. The predicted molar refractivity (Wildman–Crippen MR) is 96.4 cm³/mol. The van der Waals surface area contributed by atoms with Crippen LogP contribution in [0.3, 0.4) is 0 Å². The molecule has 1 N–H and O–H groups in total. The van der Waals surface area contributed by atoms with Crippen LogP contribution in [-0.4, -0.2) is 29.9 Å². The van der Waals surface area contributed by atoms with E-state index in [1.165, 1.54) is 39.3 Å². The molecule has 0 radical (unpaired) electrons. The molecule has 0 atom stereocenters. The highest BCUT2D eigenvalue weighted by molar-refractivity contribution is 7.99. The summed E-state index contributed by atoms with van der Waals surface area (Å²) in [6, 6.07) is 12.1. The molecule has 0 spiro atoms. The van der Waals surface area contributed by atoms with Crippen LogP contribution in [0, 0.1) is 0 Å². The van der Waals surface area contributed by atoms with Gasteiger partial charge in [0, 0.05) is 17.2 Å². The quantitative estimate of drug-likeness (QED) is 0.909. The van der Waals surface area contributed by atoms with Crippen molar-refractivity contribution in [2.45, 2.75) is 24.3 Å². The highest BCUT2D eigenvalue weighted by atomic mass is 35.5. The van der Waals surface area contributed by atoms with Crippen LogP contribution in [-0.2, 0) is 19.4 Å². The molecule has 22 heavy (non-hydrogen) atoms. The van der Waals surface area contributed by atoms with Gasteiger partial charge in [-0.1, -0.05) is 18.2 Å². The molecule has 0 saturated carbocycles. The van der Waals surface area contributed by atoms with Gasteiger partial charge in [-0.25, -0.2) is 0 Å². The van der Waals surface area contributed by atoms with Crippen LogP contribution in [0.15, 0.2) is 41.3 Å². The van der Waals surface area contributed by atoms with E-state index >= 15 is 0 Å². The van der Waals surface area contributed by atoms with Crippen LogP contribution < -0.4 is 0 Å². The molecule has 0 aromatic heterocycles. The number of rotatable bonds is 4. The molecule has 3 rings (SSSR count). The summed E-state index contributed by atoms with van der Waals surface area (Å²) in [5.74, 6) is 1.55. The first-order valence-corrected chi connectivity index (χ1v) is 8.31. The minimum atomic E-state index is 0. The van der Waals surface area contributed by atoms with Crippen LogP contribution in [0.4, 0.5) is 0 Å².